The molecule has 0 aromatic heterocycles. The fourth-order valence-corrected chi connectivity index (χ4v) is 2.23. The van der Waals surface area contributed by atoms with E-state index >= 15 is 0 Å². The van der Waals surface area contributed by atoms with E-state index in [1.165, 1.54) is 0 Å². The van der Waals surface area contributed by atoms with E-state index in [1.807, 2.05) is 4.90 Å². The number of amides is 1. The average Bonchev–Trinajstić information content (AvgIpc) is 2.55. The average molecular weight is 226 g/mol. The van der Waals surface area contributed by atoms with Crippen molar-refractivity contribution in [1.82, 2.24) is 15.7 Å². The Morgan fingerprint density at radius 2 is 2.50 bits per heavy atom. The van der Waals surface area contributed by atoms with Crippen molar-refractivity contribution < 1.29 is 9.63 Å². The summed E-state index contributed by atoms with van der Waals surface area (Å²) in [6, 6.07) is 0.276. The summed E-state index contributed by atoms with van der Waals surface area (Å²) in [5, 5.41) is 3.26. The van der Waals surface area contributed by atoms with Crippen LogP contribution in [0.3, 0.4) is 0 Å². The van der Waals surface area contributed by atoms with Crippen LogP contribution in [0.15, 0.2) is 12.4 Å². The number of nitrogens with one attached hydrogen (secondary N) is 2. The van der Waals surface area contributed by atoms with Gasteiger partial charge < -0.3 is 16.0 Å². The first-order valence-corrected chi connectivity index (χ1v) is 5.56. The number of fused-ring (bicyclic) bond motifs is 2. The third-order valence-corrected chi connectivity index (χ3v) is 2.99. The fourth-order valence-electron chi connectivity index (χ4n) is 2.23. The third kappa shape index (κ3) is 2.12. The van der Waals surface area contributed by atoms with Crippen molar-refractivity contribution in [3.8, 4) is 0 Å². The minimum Gasteiger partial charge on any atom is -0.368 e. The Morgan fingerprint density at radius 3 is 3.25 bits per heavy atom. The van der Waals surface area contributed by atoms with E-state index in [0.717, 1.165) is 25.2 Å². The van der Waals surface area contributed by atoms with Crippen LogP contribution in [-0.2, 0) is 9.63 Å². The predicted molar refractivity (Wildman–Crippen MR) is 58.9 cm³/mol. The van der Waals surface area contributed by atoms with Crippen molar-refractivity contribution in [2.24, 2.45) is 5.73 Å². The van der Waals surface area contributed by atoms with Crippen molar-refractivity contribution >= 4 is 5.91 Å². The lowest BCUT2D eigenvalue weighted by atomic mass is 10.0. The van der Waals surface area contributed by atoms with Crippen molar-refractivity contribution in [1.29, 1.82) is 0 Å². The SMILES string of the molecule is C=C1NC2CC[C@@H](C(=O)NOCCN)N1C2. The van der Waals surface area contributed by atoms with Crippen LogP contribution in [0.25, 0.3) is 0 Å². The lowest BCUT2D eigenvalue weighted by Gasteiger charge is -2.31. The van der Waals surface area contributed by atoms with E-state index in [4.69, 9.17) is 10.6 Å². The number of hydrogen-bond acceptors (Lipinski definition) is 5. The van der Waals surface area contributed by atoms with E-state index < -0.39 is 0 Å². The molecule has 2 atom stereocenters. The fraction of sp³-hybridized carbons (Fsp3) is 0.700. The second kappa shape index (κ2) is 4.71. The molecule has 2 aliphatic rings. The molecule has 1 unspecified atom stereocenters. The molecule has 2 heterocycles. The molecule has 2 fully saturated rings. The van der Waals surface area contributed by atoms with Crippen LogP contribution in [0.1, 0.15) is 12.8 Å². The number of carbonyl (C=O) groups is 1. The van der Waals surface area contributed by atoms with Gasteiger partial charge in [-0.1, -0.05) is 6.58 Å². The van der Waals surface area contributed by atoms with Gasteiger partial charge >= 0.3 is 0 Å². The van der Waals surface area contributed by atoms with Gasteiger partial charge in [0, 0.05) is 19.1 Å². The highest BCUT2D eigenvalue weighted by Crippen LogP contribution is 2.26. The molecule has 16 heavy (non-hydrogen) atoms. The van der Waals surface area contributed by atoms with Gasteiger partial charge in [-0.3, -0.25) is 9.63 Å². The van der Waals surface area contributed by atoms with Gasteiger partial charge in [0.05, 0.1) is 12.4 Å². The molecule has 2 saturated heterocycles. The molecule has 90 valence electrons. The number of hydrogen-bond donors (Lipinski definition) is 3. The summed E-state index contributed by atoms with van der Waals surface area (Å²) in [7, 11) is 0. The summed E-state index contributed by atoms with van der Waals surface area (Å²) in [5.74, 6) is 0.721. The normalized spacial score (nSPS) is 27.8. The quantitative estimate of drug-likeness (QED) is 0.419. The number of hydroxylamine groups is 1. The van der Waals surface area contributed by atoms with E-state index in [-0.39, 0.29) is 11.9 Å². The zero-order chi connectivity index (χ0) is 11.5. The van der Waals surface area contributed by atoms with Crippen LogP contribution in [-0.4, -0.2) is 42.6 Å². The van der Waals surface area contributed by atoms with E-state index in [1.54, 1.807) is 0 Å². The molecule has 0 radical (unpaired) electrons. The number of nitrogens with zero attached hydrogens (tertiary/aromatic N) is 1. The number of piperidine rings is 1. The monoisotopic (exact) mass is 226 g/mol. The number of rotatable bonds is 4. The first kappa shape index (κ1) is 11.2. The van der Waals surface area contributed by atoms with Crippen molar-refractivity contribution in [2.75, 3.05) is 19.7 Å². The summed E-state index contributed by atoms with van der Waals surface area (Å²) in [5.41, 5.74) is 7.69. The van der Waals surface area contributed by atoms with Crippen LogP contribution in [0.2, 0.25) is 0 Å². The Morgan fingerprint density at radius 1 is 1.69 bits per heavy atom. The molecule has 0 saturated carbocycles. The van der Waals surface area contributed by atoms with E-state index in [0.29, 0.717) is 19.2 Å². The molecule has 1 amide bonds. The smallest absolute Gasteiger partial charge is 0.266 e. The van der Waals surface area contributed by atoms with E-state index in [9.17, 15) is 4.79 Å². The van der Waals surface area contributed by atoms with Gasteiger partial charge in [-0.25, -0.2) is 5.48 Å². The molecule has 2 aliphatic heterocycles. The zero-order valence-electron chi connectivity index (χ0n) is 9.24. The third-order valence-electron chi connectivity index (χ3n) is 2.99. The minimum atomic E-state index is -0.170. The van der Waals surface area contributed by atoms with Crippen LogP contribution in [0.4, 0.5) is 0 Å². The summed E-state index contributed by atoms with van der Waals surface area (Å²) < 4.78 is 0. The molecule has 0 spiro atoms. The van der Waals surface area contributed by atoms with Crippen molar-refractivity contribution in [3.63, 3.8) is 0 Å². The number of nitrogens with two attached hydrogens (primary N) is 1. The van der Waals surface area contributed by atoms with Crippen LogP contribution in [0.5, 0.6) is 0 Å². The Kier molecular flexibility index (Phi) is 3.31. The maximum atomic E-state index is 11.8. The predicted octanol–water partition coefficient (Wildman–Crippen LogP) is -1.10. The van der Waals surface area contributed by atoms with Crippen LogP contribution in [0, 0.1) is 0 Å². The van der Waals surface area contributed by atoms with Crippen LogP contribution >= 0.6 is 0 Å². The van der Waals surface area contributed by atoms with Gasteiger partial charge in [-0.15, -0.1) is 0 Å². The molecule has 0 aromatic carbocycles. The van der Waals surface area contributed by atoms with Crippen LogP contribution < -0.4 is 16.5 Å². The van der Waals surface area contributed by atoms with Gasteiger partial charge in [0.1, 0.15) is 6.04 Å². The zero-order valence-corrected chi connectivity index (χ0v) is 9.24. The molecule has 0 aliphatic carbocycles. The van der Waals surface area contributed by atoms with Gasteiger partial charge in [0.25, 0.3) is 5.91 Å². The van der Waals surface area contributed by atoms with Crippen molar-refractivity contribution in [3.05, 3.63) is 12.4 Å². The Labute approximate surface area is 94.8 Å². The largest absolute Gasteiger partial charge is 0.368 e. The summed E-state index contributed by atoms with van der Waals surface area (Å²) in [6.07, 6.45) is 1.82. The lowest BCUT2D eigenvalue weighted by molar-refractivity contribution is -0.138. The molecule has 2 bridgehead atoms. The van der Waals surface area contributed by atoms with E-state index in [2.05, 4.69) is 17.4 Å². The minimum absolute atomic E-state index is 0.114. The first-order chi connectivity index (χ1) is 7.72. The standard InChI is InChI=1S/C10H18N4O2/c1-7-12-8-2-3-9(14(7)6-8)10(15)13-16-5-4-11/h8-9,12H,1-6,11H2,(H,13,15)/t8?,9-/m0/s1. The topological polar surface area (TPSA) is 79.6 Å². The molecule has 0 aromatic rings. The highest BCUT2D eigenvalue weighted by Gasteiger charge is 2.38. The highest BCUT2D eigenvalue weighted by molar-refractivity contribution is 5.81. The molecule has 4 N–H and O–H groups in total. The van der Waals surface area contributed by atoms with Gasteiger partial charge in [0.15, 0.2) is 0 Å². The maximum absolute atomic E-state index is 11.8. The highest BCUT2D eigenvalue weighted by atomic mass is 16.7. The molecular weight excluding hydrogens is 208 g/mol. The van der Waals surface area contributed by atoms with Gasteiger partial charge in [-0.2, -0.15) is 0 Å². The second-order valence-corrected chi connectivity index (χ2v) is 4.14. The molecule has 6 nitrogen and oxygen atoms in total. The Hall–Kier alpha value is -1.27. The van der Waals surface area contributed by atoms with Gasteiger partial charge in [0.2, 0.25) is 0 Å². The second-order valence-electron chi connectivity index (χ2n) is 4.14. The van der Waals surface area contributed by atoms with Gasteiger partial charge in [-0.05, 0) is 12.8 Å². The Balaban J connectivity index is 1.88. The molecular formula is C10H18N4O2. The summed E-state index contributed by atoms with van der Waals surface area (Å²) in [4.78, 5) is 18.8. The summed E-state index contributed by atoms with van der Waals surface area (Å²) >= 11 is 0. The summed E-state index contributed by atoms with van der Waals surface area (Å²) in [6.45, 7) is 5.48. The number of carbonyl (C=O) groups excluding carboxylic acids is 1. The first-order valence-electron chi connectivity index (χ1n) is 5.56. The van der Waals surface area contributed by atoms with Crippen molar-refractivity contribution in [2.45, 2.75) is 24.9 Å². The lowest BCUT2D eigenvalue weighted by Crippen LogP contribution is -2.48. The molecule has 6 heteroatoms. The molecule has 2 rings (SSSR count). The Bertz CT molecular complexity index is 295. The maximum Gasteiger partial charge on any atom is 0.266 e.